The highest BCUT2D eigenvalue weighted by Gasteiger charge is 2.16. The first kappa shape index (κ1) is 22.3. The van der Waals surface area contributed by atoms with E-state index < -0.39 is 0 Å². The highest BCUT2D eigenvalue weighted by Crippen LogP contribution is 2.36. The predicted molar refractivity (Wildman–Crippen MR) is 146 cm³/mol. The summed E-state index contributed by atoms with van der Waals surface area (Å²) in [6.45, 7) is 0.458. The van der Waals surface area contributed by atoms with Crippen LogP contribution in [-0.4, -0.2) is 30.1 Å². The highest BCUT2D eigenvalue weighted by atomic mass is 32.1. The molecule has 0 aliphatic rings. The Morgan fingerprint density at radius 2 is 1.74 bits per heavy atom. The number of benzene rings is 1. The maximum absolute atomic E-state index is 13.7. The fourth-order valence-corrected chi connectivity index (χ4v) is 5.22. The van der Waals surface area contributed by atoms with Gasteiger partial charge in [0.1, 0.15) is 18.1 Å². The molecule has 0 saturated carbocycles. The monoisotopic (exact) mass is 518 g/mol. The van der Waals surface area contributed by atoms with Crippen LogP contribution < -0.4 is 4.74 Å². The largest absolute Gasteiger partial charge is 0.487 e. The molecular weight excluding hydrogens is 499 g/mol. The van der Waals surface area contributed by atoms with E-state index in [2.05, 4.69) is 30.1 Å². The van der Waals surface area contributed by atoms with E-state index >= 15 is 0 Å². The smallest absolute Gasteiger partial charge is 0.177 e. The number of aromatic nitrogens is 6. The van der Waals surface area contributed by atoms with Crippen molar-refractivity contribution in [3.8, 4) is 39.0 Å². The second-order valence-corrected chi connectivity index (χ2v) is 9.81. The zero-order chi connectivity index (χ0) is 25.5. The van der Waals surface area contributed by atoms with Crippen LogP contribution >= 0.6 is 11.3 Å². The van der Waals surface area contributed by atoms with Crippen LogP contribution in [0.2, 0.25) is 0 Å². The molecule has 184 valence electrons. The molecule has 7 aromatic rings. The first-order chi connectivity index (χ1) is 18.7. The lowest BCUT2D eigenvalue weighted by atomic mass is 10.1. The average molecular weight is 519 g/mol. The molecule has 0 spiro atoms. The fraction of sp³-hybridized carbons (Fsp3) is 0.0345. The predicted octanol–water partition coefficient (Wildman–Crippen LogP) is 7.01. The van der Waals surface area contributed by atoms with E-state index in [0.717, 1.165) is 71.9 Å². The Kier molecular flexibility index (Phi) is 5.41. The number of H-pyrrole nitrogens is 2. The van der Waals surface area contributed by atoms with Crippen molar-refractivity contribution in [3.05, 3.63) is 102 Å². The van der Waals surface area contributed by atoms with Crippen LogP contribution in [0.15, 0.2) is 91.5 Å². The second kappa shape index (κ2) is 9.20. The number of hydrogen-bond acceptors (Lipinski definition) is 6. The number of rotatable bonds is 6. The minimum Gasteiger partial charge on any atom is -0.487 e. The zero-order valence-electron chi connectivity index (χ0n) is 19.9. The van der Waals surface area contributed by atoms with Crippen LogP contribution in [-0.2, 0) is 6.61 Å². The lowest BCUT2D eigenvalue weighted by Crippen LogP contribution is -1.96. The van der Waals surface area contributed by atoms with E-state index in [9.17, 15) is 4.39 Å². The Hall–Kier alpha value is -4.89. The van der Waals surface area contributed by atoms with E-state index in [1.165, 1.54) is 6.07 Å². The Morgan fingerprint density at radius 1 is 0.842 bits per heavy atom. The van der Waals surface area contributed by atoms with Crippen LogP contribution in [0.4, 0.5) is 4.39 Å². The molecule has 7 nitrogen and oxygen atoms in total. The van der Waals surface area contributed by atoms with Gasteiger partial charge >= 0.3 is 0 Å². The van der Waals surface area contributed by atoms with Gasteiger partial charge < -0.3 is 9.72 Å². The third kappa shape index (κ3) is 4.08. The summed E-state index contributed by atoms with van der Waals surface area (Å²) in [5, 5.41) is 9.22. The third-order valence-electron chi connectivity index (χ3n) is 6.31. The molecule has 0 bridgehead atoms. The highest BCUT2D eigenvalue weighted by molar-refractivity contribution is 7.13. The maximum atomic E-state index is 13.7. The van der Waals surface area contributed by atoms with E-state index in [1.54, 1.807) is 30.9 Å². The molecule has 6 aromatic heterocycles. The fourth-order valence-electron chi connectivity index (χ4n) is 4.48. The summed E-state index contributed by atoms with van der Waals surface area (Å²) in [4.78, 5) is 17.7. The summed E-state index contributed by atoms with van der Waals surface area (Å²) >= 11 is 1.08. The van der Waals surface area contributed by atoms with Crippen LogP contribution in [0.3, 0.4) is 0 Å². The minimum atomic E-state index is -0.239. The second-order valence-electron chi connectivity index (χ2n) is 8.78. The summed E-state index contributed by atoms with van der Waals surface area (Å²) < 4.78 is 19.7. The Balaban J connectivity index is 1.24. The average Bonchev–Trinajstić information content (AvgIpc) is 3.70. The summed E-state index contributed by atoms with van der Waals surface area (Å²) in [6, 6.07) is 21.0. The number of aromatic amines is 2. The van der Waals surface area contributed by atoms with Gasteiger partial charge in [0.15, 0.2) is 5.13 Å². The quantitative estimate of drug-likeness (QED) is 0.247. The Labute approximate surface area is 220 Å². The molecule has 0 fully saturated rings. The molecular formula is C29H19FN6OS. The van der Waals surface area contributed by atoms with Crippen molar-refractivity contribution in [1.29, 1.82) is 0 Å². The Bertz CT molecular complexity index is 1910. The maximum Gasteiger partial charge on any atom is 0.177 e. The van der Waals surface area contributed by atoms with Gasteiger partial charge in [-0.1, -0.05) is 30.3 Å². The molecule has 6 heterocycles. The van der Waals surface area contributed by atoms with Crippen molar-refractivity contribution in [1.82, 2.24) is 30.1 Å². The number of pyridine rings is 3. The third-order valence-corrected chi connectivity index (χ3v) is 7.19. The van der Waals surface area contributed by atoms with Crippen molar-refractivity contribution >= 4 is 33.1 Å². The molecule has 0 unspecified atom stereocenters. The first-order valence-corrected chi connectivity index (χ1v) is 12.7. The van der Waals surface area contributed by atoms with Gasteiger partial charge in [-0.25, -0.2) is 0 Å². The summed E-state index contributed by atoms with van der Waals surface area (Å²) in [5.41, 5.74) is 6.71. The zero-order valence-corrected chi connectivity index (χ0v) is 20.7. The Morgan fingerprint density at radius 3 is 2.61 bits per heavy atom. The van der Waals surface area contributed by atoms with Gasteiger partial charge in [0.25, 0.3) is 0 Å². The summed E-state index contributed by atoms with van der Waals surface area (Å²) in [7, 11) is 0. The number of nitrogens with one attached hydrogen (secondary N) is 2. The molecule has 0 saturated heterocycles. The van der Waals surface area contributed by atoms with Gasteiger partial charge in [-0.05, 0) is 42.0 Å². The van der Waals surface area contributed by atoms with Crippen molar-refractivity contribution in [2.75, 3.05) is 0 Å². The van der Waals surface area contributed by atoms with Gasteiger partial charge in [0.05, 0.1) is 39.9 Å². The van der Waals surface area contributed by atoms with Crippen LogP contribution in [0.1, 0.15) is 5.56 Å². The number of thiophene rings is 1. The van der Waals surface area contributed by atoms with E-state index in [1.807, 2.05) is 54.6 Å². The molecule has 7 rings (SSSR count). The van der Waals surface area contributed by atoms with Crippen LogP contribution in [0, 0.1) is 5.13 Å². The van der Waals surface area contributed by atoms with Gasteiger partial charge in [-0.15, -0.1) is 11.3 Å². The number of halogens is 1. The van der Waals surface area contributed by atoms with Gasteiger partial charge in [-0.2, -0.15) is 9.49 Å². The molecule has 0 aliphatic heterocycles. The van der Waals surface area contributed by atoms with E-state index in [4.69, 9.17) is 4.74 Å². The van der Waals surface area contributed by atoms with Gasteiger partial charge in [0.2, 0.25) is 0 Å². The van der Waals surface area contributed by atoms with Crippen molar-refractivity contribution < 1.29 is 9.13 Å². The molecule has 9 heteroatoms. The first-order valence-electron chi connectivity index (χ1n) is 11.9. The summed E-state index contributed by atoms with van der Waals surface area (Å²) in [6.07, 6.45) is 6.96. The van der Waals surface area contributed by atoms with Crippen LogP contribution in [0.25, 0.3) is 55.0 Å². The van der Waals surface area contributed by atoms with Crippen molar-refractivity contribution in [2.24, 2.45) is 0 Å². The molecule has 2 N–H and O–H groups in total. The number of ether oxygens (including phenoxy) is 1. The van der Waals surface area contributed by atoms with Gasteiger partial charge in [0, 0.05) is 34.2 Å². The summed E-state index contributed by atoms with van der Waals surface area (Å²) in [5.74, 6) is 0.668. The lowest BCUT2D eigenvalue weighted by Gasteiger charge is -2.08. The minimum absolute atomic E-state index is 0.239. The van der Waals surface area contributed by atoms with Crippen molar-refractivity contribution in [3.63, 3.8) is 0 Å². The van der Waals surface area contributed by atoms with Crippen molar-refractivity contribution in [2.45, 2.75) is 6.61 Å². The normalized spacial score (nSPS) is 11.4. The van der Waals surface area contributed by atoms with Crippen LogP contribution in [0.5, 0.6) is 5.75 Å². The molecule has 38 heavy (non-hydrogen) atoms. The number of hydrogen-bond donors (Lipinski definition) is 2. The van der Waals surface area contributed by atoms with Gasteiger partial charge in [-0.3, -0.25) is 20.1 Å². The number of nitrogens with zero attached hydrogens (tertiary/aromatic N) is 4. The molecule has 0 atom stereocenters. The van der Waals surface area contributed by atoms with E-state index in [-0.39, 0.29) is 5.13 Å². The standard InChI is InChI=1S/C29H19FN6OS/c30-27-7-6-26(38-27)29-20-12-24(34-22(20)8-9-32-29)28-21-11-23(33-15-25(21)35-36-28)18-10-19(14-31-13-18)37-16-17-4-2-1-3-5-17/h1-15,34H,16H2,(H,35,36). The SMILES string of the molecule is Fc1ccc(-c2nccc3[nH]c(-c4n[nH]c5cnc(-c6cncc(OCc7ccccc7)c6)cc45)cc23)s1. The topological polar surface area (TPSA) is 92.4 Å². The number of fused-ring (bicyclic) bond motifs is 2. The molecule has 1 aromatic carbocycles. The molecule has 0 radical (unpaired) electrons. The molecule has 0 amide bonds. The lowest BCUT2D eigenvalue weighted by molar-refractivity contribution is 0.305. The van der Waals surface area contributed by atoms with E-state index in [0.29, 0.717) is 12.4 Å². The molecule has 0 aliphatic carbocycles.